The molecule has 0 saturated heterocycles. The van der Waals surface area contributed by atoms with Gasteiger partial charge in [0.05, 0.1) is 5.54 Å². The quantitative estimate of drug-likeness (QED) is 0.795. The van der Waals surface area contributed by atoms with E-state index in [0.29, 0.717) is 0 Å². The summed E-state index contributed by atoms with van der Waals surface area (Å²) in [5.41, 5.74) is 5.55. The van der Waals surface area contributed by atoms with Crippen molar-refractivity contribution in [2.75, 3.05) is 11.9 Å². The van der Waals surface area contributed by atoms with Crippen LogP contribution in [0.2, 0.25) is 0 Å². The number of carbonyl (C=O) groups is 1. The molecule has 4 heteroatoms. The van der Waals surface area contributed by atoms with Gasteiger partial charge in [0.2, 0.25) is 0 Å². The molecule has 0 saturated carbocycles. The van der Waals surface area contributed by atoms with Crippen molar-refractivity contribution in [2.24, 2.45) is 5.73 Å². The van der Waals surface area contributed by atoms with E-state index in [1.165, 1.54) is 0 Å². The number of carbonyl (C=O) groups excluding carboxylic acids is 1. The molecule has 0 radical (unpaired) electrons. The molecule has 1 amide bonds. The summed E-state index contributed by atoms with van der Waals surface area (Å²) >= 11 is 0. The number of primary amides is 1. The highest BCUT2D eigenvalue weighted by atomic mass is 16.5. The first-order valence-electron chi connectivity index (χ1n) is 4.75. The number of anilines is 1. The van der Waals surface area contributed by atoms with Gasteiger partial charge < -0.3 is 15.8 Å². The van der Waals surface area contributed by atoms with Gasteiger partial charge >= 0.3 is 6.09 Å². The molecule has 0 unspecified atom stereocenters. The SMILES string of the molecule is CC(C)(COC(N)=O)Nc1ccccc1. The van der Waals surface area contributed by atoms with Crippen LogP contribution in [-0.2, 0) is 4.74 Å². The van der Waals surface area contributed by atoms with Gasteiger partial charge in [-0.2, -0.15) is 0 Å². The van der Waals surface area contributed by atoms with Crippen molar-refractivity contribution in [3.8, 4) is 0 Å². The van der Waals surface area contributed by atoms with E-state index in [9.17, 15) is 4.79 Å². The van der Waals surface area contributed by atoms with E-state index >= 15 is 0 Å². The molecule has 0 aromatic heterocycles. The molecule has 0 fully saturated rings. The molecule has 1 aromatic rings. The predicted octanol–water partition coefficient (Wildman–Crippen LogP) is 1.97. The number of para-hydroxylation sites is 1. The lowest BCUT2D eigenvalue weighted by molar-refractivity contribution is 0.139. The van der Waals surface area contributed by atoms with Gasteiger partial charge in [0.15, 0.2) is 0 Å². The second-order valence-electron chi connectivity index (χ2n) is 3.98. The molecule has 15 heavy (non-hydrogen) atoms. The van der Waals surface area contributed by atoms with Gasteiger partial charge in [-0.15, -0.1) is 0 Å². The van der Waals surface area contributed by atoms with Crippen molar-refractivity contribution in [3.63, 3.8) is 0 Å². The van der Waals surface area contributed by atoms with Crippen LogP contribution in [0.1, 0.15) is 13.8 Å². The van der Waals surface area contributed by atoms with E-state index in [0.717, 1.165) is 5.69 Å². The zero-order valence-corrected chi connectivity index (χ0v) is 8.99. The Bertz CT molecular complexity index is 323. The van der Waals surface area contributed by atoms with E-state index in [1.807, 2.05) is 44.2 Å². The Labute approximate surface area is 89.4 Å². The Hall–Kier alpha value is -1.71. The average molecular weight is 208 g/mol. The van der Waals surface area contributed by atoms with Crippen LogP contribution < -0.4 is 11.1 Å². The topological polar surface area (TPSA) is 64.3 Å². The Morgan fingerprint density at radius 2 is 2.00 bits per heavy atom. The second kappa shape index (κ2) is 4.68. The van der Waals surface area contributed by atoms with Crippen LogP contribution in [0, 0.1) is 0 Å². The first kappa shape index (κ1) is 11.4. The average Bonchev–Trinajstić information content (AvgIpc) is 2.16. The molecule has 0 atom stereocenters. The number of hydrogen-bond donors (Lipinski definition) is 2. The maximum absolute atomic E-state index is 10.5. The first-order valence-corrected chi connectivity index (χ1v) is 4.75. The molecule has 0 aliphatic rings. The van der Waals surface area contributed by atoms with E-state index in [-0.39, 0.29) is 12.1 Å². The largest absolute Gasteiger partial charge is 0.447 e. The summed E-state index contributed by atoms with van der Waals surface area (Å²) in [7, 11) is 0. The molecule has 1 rings (SSSR count). The fourth-order valence-electron chi connectivity index (χ4n) is 1.20. The molecule has 1 aromatic carbocycles. The molecule has 4 nitrogen and oxygen atoms in total. The summed E-state index contributed by atoms with van der Waals surface area (Å²) in [4.78, 5) is 10.5. The van der Waals surface area contributed by atoms with Gasteiger partial charge in [0, 0.05) is 5.69 Å². The van der Waals surface area contributed by atoms with E-state index in [1.54, 1.807) is 0 Å². The molecule has 0 aliphatic heterocycles. The van der Waals surface area contributed by atoms with Crippen LogP contribution in [0.25, 0.3) is 0 Å². The highest BCUT2D eigenvalue weighted by Gasteiger charge is 2.18. The summed E-state index contributed by atoms with van der Waals surface area (Å²) in [6, 6.07) is 9.72. The summed E-state index contributed by atoms with van der Waals surface area (Å²) in [5, 5.41) is 3.24. The van der Waals surface area contributed by atoms with E-state index < -0.39 is 6.09 Å². The second-order valence-corrected chi connectivity index (χ2v) is 3.98. The van der Waals surface area contributed by atoms with Gasteiger partial charge in [0.1, 0.15) is 6.61 Å². The highest BCUT2D eigenvalue weighted by Crippen LogP contribution is 2.14. The normalized spacial score (nSPS) is 10.8. The zero-order valence-electron chi connectivity index (χ0n) is 8.99. The van der Waals surface area contributed by atoms with Gasteiger partial charge in [-0.3, -0.25) is 0 Å². The highest BCUT2D eigenvalue weighted by molar-refractivity contribution is 5.64. The van der Waals surface area contributed by atoms with Crippen LogP contribution in [0.4, 0.5) is 10.5 Å². The molecule has 3 N–H and O–H groups in total. The molecule has 0 spiro atoms. The number of nitrogens with two attached hydrogens (primary N) is 1. The van der Waals surface area contributed by atoms with Crippen LogP contribution in [0.15, 0.2) is 30.3 Å². The molecule has 0 aliphatic carbocycles. The summed E-state index contributed by atoms with van der Waals surface area (Å²) in [6.45, 7) is 4.10. The minimum absolute atomic E-state index is 0.233. The van der Waals surface area contributed by atoms with Gasteiger partial charge in [-0.25, -0.2) is 4.79 Å². The predicted molar refractivity (Wildman–Crippen MR) is 59.7 cm³/mol. The zero-order chi connectivity index (χ0) is 11.3. The summed E-state index contributed by atoms with van der Waals surface area (Å²) in [5.74, 6) is 0. The number of amides is 1. The van der Waals surface area contributed by atoms with Crippen LogP contribution in [0.3, 0.4) is 0 Å². The van der Waals surface area contributed by atoms with Gasteiger partial charge in [-0.1, -0.05) is 18.2 Å². The van der Waals surface area contributed by atoms with Crippen LogP contribution in [0.5, 0.6) is 0 Å². The van der Waals surface area contributed by atoms with Crippen molar-refractivity contribution in [1.29, 1.82) is 0 Å². The lowest BCUT2D eigenvalue weighted by Crippen LogP contribution is -2.38. The summed E-state index contributed by atoms with van der Waals surface area (Å²) in [6.07, 6.45) is -0.752. The Kier molecular flexibility index (Phi) is 3.55. The van der Waals surface area contributed by atoms with Crippen molar-refractivity contribution in [1.82, 2.24) is 0 Å². The van der Waals surface area contributed by atoms with Crippen molar-refractivity contribution < 1.29 is 9.53 Å². The minimum atomic E-state index is -0.752. The Morgan fingerprint density at radius 3 is 2.53 bits per heavy atom. The maximum Gasteiger partial charge on any atom is 0.404 e. The third kappa shape index (κ3) is 4.35. The number of rotatable bonds is 4. The van der Waals surface area contributed by atoms with Crippen LogP contribution in [-0.4, -0.2) is 18.2 Å². The molecule has 0 bridgehead atoms. The molecule has 82 valence electrons. The van der Waals surface area contributed by atoms with Crippen molar-refractivity contribution in [2.45, 2.75) is 19.4 Å². The fourth-order valence-corrected chi connectivity index (χ4v) is 1.20. The lowest BCUT2D eigenvalue weighted by Gasteiger charge is -2.26. The number of nitrogens with one attached hydrogen (secondary N) is 1. The number of benzene rings is 1. The van der Waals surface area contributed by atoms with Crippen molar-refractivity contribution in [3.05, 3.63) is 30.3 Å². The molecular weight excluding hydrogens is 192 g/mol. The molecular formula is C11H16N2O2. The minimum Gasteiger partial charge on any atom is -0.447 e. The third-order valence-electron chi connectivity index (χ3n) is 1.83. The molecule has 0 heterocycles. The fraction of sp³-hybridized carbons (Fsp3) is 0.364. The van der Waals surface area contributed by atoms with Gasteiger partial charge in [-0.05, 0) is 26.0 Å². The van der Waals surface area contributed by atoms with Gasteiger partial charge in [0.25, 0.3) is 0 Å². The Balaban J connectivity index is 2.52. The third-order valence-corrected chi connectivity index (χ3v) is 1.83. The Morgan fingerprint density at radius 1 is 1.40 bits per heavy atom. The van der Waals surface area contributed by atoms with Crippen LogP contribution >= 0.6 is 0 Å². The lowest BCUT2D eigenvalue weighted by atomic mass is 10.1. The maximum atomic E-state index is 10.5. The smallest absolute Gasteiger partial charge is 0.404 e. The number of ether oxygens (including phenoxy) is 1. The first-order chi connectivity index (χ1) is 6.99. The monoisotopic (exact) mass is 208 g/mol. The van der Waals surface area contributed by atoms with E-state index in [2.05, 4.69) is 5.32 Å². The summed E-state index contributed by atoms with van der Waals surface area (Å²) < 4.78 is 4.76. The number of hydrogen-bond acceptors (Lipinski definition) is 3. The van der Waals surface area contributed by atoms with E-state index in [4.69, 9.17) is 10.5 Å². The van der Waals surface area contributed by atoms with Crippen molar-refractivity contribution >= 4 is 11.8 Å². The standard InChI is InChI=1S/C11H16N2O2/c1-11(2,8-15-10(12)14)13-9-6-4-3-5-7-9/h3-7,13H,8H2,1-2H3,(H2,12,14).